The van der Waals surface area contributed by atoms with Crippen molar-refractivity contribution in [3.63, 3.8) is 0 Å². The number of benzene rings is 2. The van der Waals surface area contributed by atoms with E-state index in [-0.39, 0.29) is 11.5 Å². The molecule has 0 aliphatic rings. The van der Waals surface area contributed by atoms with Gasteiger partial charge in [0.2, 0.25) is 0 Å². The number of rotatable bonds is 2. The normalized spacial score (nSPS) is 10.2. The topological polar surface area (TPSA) is 29.1 Å². The van der Waals surface area contributed by atoms with Crippen LogP contribution in [-0.4, -0.2) is 5.91 Å². The summed E-state index contributed by atoms with van der Waals surface area (Å²) in [6, 6.07) is 11.3. The van der Waals surface area contributed by atoms with E-state index >= 15 is 0 Å². The van der Waals surface area contributed by atoms with Crippen LogP contribution in [0.1, 0.15) is 10.4 Å². The SMILES string of the molecule is O=C(Nc1ccccc1Br)c1cc(F)cc(Br)c1. The summed E-state index contributed by atoms with van der Waals surface area (Å²) in [5.74, 6) is -0.816. The van der Waals surface area contributed by atoms with Crippen LogP contribution >= 0.6 is 31.9 Å². The molecule has 0 saturated carbocycles. The van der Waals surface area contributed by atoms with Crippen LogP contribution in [0.4, 0.5) is 10.1 Å². The summed E-state index contributed by atoms with van der Waals surface area (Å²) in [5.41, 5.74) is 0.903. The van der Waals surface area contributed by atoms with E-state index in [1.165, 1.54) is 12.1 Å². The molecular weight excluding hydrogens is 365 g/mol. The molecule has 0 fully saturated rings. The van der Waals surface area contributed by atoms with E-state index in [4.69, 9.17) is 0 Å². The Hall–Kier alpha value is -1.20. The Morgan fingerprint density at radius 1 is 1.11 bits per heavy atom. The number of para-hydroxylation sites is 1. The van der Waals surface area contributed by atoms with E-state index in [9.17, 15) is 9.18 Å². The predicted octanol–water partition coefficient (Wildman–Crippen LogP) is 4.60. The molecule has 2 rings (SSSR count). The fourth-order valence-electron chi connectivity index (χ4n) is 1.44. The lowest BCUT2D eigenvalue weighted by Crippen LogP contribution is -2.12. The van der Waals surface area contributed by atoms with Crippen LogP contribution in [-0.2, 0) is 0 Å². The standard InChI is InChI=1S/C13H8Br2FNO/c14-9-5-8(6-10(16)7-9)13(18)17-12-4-2-1-3-11(12)15/h1-7H,(H,17,18). The molecule has 2 nitrogen and oxygen atoms in total. The maximum absolute atomic E-state index is 13.2. The molecule has 0 bridgehead atoms. The number of halogens is 3. The van der Waals surface area contributed by atoms with Crippen molar-refractivity contribution in [3.8, 4) is 0 Å². The first-order valence-corrected chi connectivity index (χ1v) is 6.67. The van der Waals surface area contributed by atoms with Gasteiger partial charge in [-0.05, 0) is 46.3 Å². The van der Waals surface area contributed by atoms with E-state index in [0.717, 1.165) is 4.47 Å². The van der Waals surface area contributed by atoms with Crippen LogP contribution in [0.3, 0.4) is 0 Å². The number of amides is 1. The third-order valence-corrected chi connectivity index (χ3v) is 3.40. The molecule has 1 amide bonds. The maximum Gasteiger partial charge on any atom is 0.255 e. The zero-order valence-electron chi connectivity index (χ0n) is 9.08. The number of hydrogen-bond donors (Lipinski definition) is 1. The minimum absolute atomic E-state index is 0.262. The van der Waals surface area contributed by atoms with Gasteiger partial charge in [0.25, 0.3) is 5.91 Å². The first kappa shape index (κ1) is 13.2. The Kier molecular flexibility index (Phi) is 4.14. The van der Waals surface area contributed by atoms with Crippen LogP contribution in [0, 0.1) is 5.82 Å². The van der Waals surface area contributed by atoms with Crippen molar-refractivity contribution in [2.75, 3.05) is 5.32 Å². The molecule has 0 aliphatic carbocycles. The van der Waals surface area contributed by atoms with E-state index in [2.05, 4.69) is 37.2 Å². The van der Waals surface area contributed by atoms with Crippen LogP contribution in [0.15, 0.2) is 51.4 Å². The minimum atomic E-state index is -0.457. The summed E-state index contributed by atoms with van der Waals surface area (Å²) in [5, 5.41) is 2.71. The van der Waals surface area contributed by atoms with Crippen molar-refractivity contribution in [3.05, 3.63) is 62.8 Å². The number of anilines is 1. The summed E-state index contributed by atoms with van der Waals surface area (Å²) >= 11 is 6.48. The lowest BCUT2D eigenvalue weighted by Gasteiger charge is -2.07. The highest BCUT2D eigenvalue weighted by atomic mass is 79.9. The van der Waals surface area contributed by atoms with Gasteiger partial charge in [0.05, 0.1) is 5.69 Å². The van der Waals surface area contributed by atoms with Crippen LogP contribution in [0.5, 0.6) is 0 Å². The molecule has 0 atom stereocenters. The van der Waals surface area contributed by atoms with E-state index in [0.29, 0.717) is 10.2 Å². The minimum Gasteiger partial charge on any atom is -0.321 e. The highest BCUT2D eigenvalue weighted by molar-refractivity contribution is 9.10. The third kappa shape index (κ3) is 3.17. The highest BCUT2D eigenvalue weighted by Gasteiger charge is 2.10. The fourth-order valence-corrected chi connectivity index (χ4v) is 2.29. The van der Waals surface area contributed by atoms with E-state index < -0.39 is 5.82 Å². The van der Waals surface area contributed by atoms with Crippen LogP contribution in [0.25, 0.3) is 0 Å². The highest BCUT2D eigenvalue weighted by Crippen LogP contribution is 2.22. The molecule has 92 valence electrons. The van der Waals surface area contributed by atoms with Crippen molar-refractivity contribution in [1.29, 1.82) is 0 Å². The summed E-state index contributed by atoms with van der Waals surface area (Å²) in [7, 11) is 0. The molecule has 0 spiro atoms. The molecule has 1 N–H and O–H groups in total. The van der Waals surface area contributed by atoms with Crippen molar-refractivity contribution in [1.82, 2.24) is 0 Å². The number of carbonyl (C=O) groups is 1. The zero-order chi connectivity index (χ0) is 13.1. The first-order valence-electron chi connectivity index (χ1n) is 5.08. The summed E-state index contributed by atoms with van der Waals surface area (Å²) in [6.07, 6.45) is 0. The van der Waals surface area contributed by atoms with Gasteiger partial charge >= 0.3 is 0 Å². The molecule has 0 aliphatic heterocycles. The van der Waals surface area contributed by atoms with Crippen LogP contribution < -0.4 is 5.32 Å². The summed E-state index contributed by atoms with van der Waals surface area (Å²) in [6.45, 7) is 0. The Morgan fingerprint density at radius 3 is 2.50 bits per heavy atom. The summed E-state index contributed by atoms with van der Waals surface area (Å²) < 4.78 is 14.5. The second kappa shape index (κ2) is 5.63. The largest absolute Gasteiger partial charge is 0.321 e. The molecular formula is C13H8Br2FNO. The molecule has 0 radical (unpaired) electrons. The predicted molar refractivity (Wildman–Crippen MR) is 76.2 cm³/mol. The molecule has 2 aromatic rings. The monoisotopic (exact) mass is 371 g/mol. The van der Waals surface area contributed by atoms with Gasteiger partial charge < -0.3 is 5.32 Å². The molecule has 2 aromatic carbocycles. The Morgan fingerprint density at radius 2 is 1.83 bits per heavy atom. The average Bonchev–Trinajstić information content (AvgIpc) is 2.31. The van der Waals surface area contributed by atoms with Crippen LogP contribution in [0.2, 0.25) is 0 Å². The Labute approximate surface area is 120 Å². The Balaban J connectivity index is 2.25. The number of carbonyl (C=O) groups excluding carboxylic acids is 1. The van der Waals surface area contributed by atoms with Gasteiger partial charge in [0.1, 0.15) is 5.82 Å². The smallest absolute Gasteiger partial charge is 0.255 e. The zero-order valence-corrected chi connectivity index (χ0v) is 12.3. The molecule has 5 heteroatoms. The Bertz CT molecular complexity index is 581. The number of hydrogen-bond acceptors (Lipinski definition) is 1. The summed E-state index contributed by atoms with van der Waals surface area (Å²) in [4.78, 5) is 12.0. The van der Waals surface area contributed by atoms with Gasteiger partial charge in [0, 0.05) is 14.5 Å². The molecule has 18 heavy (non-hydrogen) atoms. The van der Waals surface area contributed by atoms with Gasteiger partial charge in [-0.1, -0.05) is 28.1 Å². The first-order chi connectivity index (χ1) is 8.56. The second-order valence-corrected chi connectivity index (χ2v) is 5.36. The van der Waals surface area contributed by atoms with Gasteiger partial charge in [-0.15, -0.1) is 0 Å². The second-order valence-electron chi connectivity index (χ2n) is 3.59. The van der Waals surface area contributed by atoms with Crippen molar-refractivity contribution in [2.45, 2.75) is 0 Å². The van der Waals surface area contributed by atoms with Crippen molar-refractivity contribution >= 4 is 43.5 Å². The lowest BCUT2D eigenvalue weighted by molar-refractivity contribution is 0.102. The molecule has 0 saturated heterocycles. The van der Waals surface area contributed by atoms with Gasteiger partial charge in [-0.2, -0.15) is 0 Å². The molecule has 0 unspecified atom stereocenters. The average molecular weight is 373 g/mol. The van der Waals surface area contributed by atoms with E-state index in [1.807, 2.05) is 18.2 Å². The number of nitrogens with one attached hydrogen (secondary N) is 1. The maximum atomic E-state index is 13.2. The quantitative estimate of drug-likeness (QED) is 0.819. The third-order valence-electron chi connectivity index (χ3n) is 2.25. The van der Waals surface area contributed by atoms with Gasteiger partial charge in [-0.3, -0.25) is 4.79 Å². The molecule has 0 aromatic heterocycles. The fraction of sp³-hybridized carbons (Fsp3) is 0. The van der Waals surface area contributed by atoms with Gasteiger partial charge in [-0.25, -0.2) is 4.39 Å². The molecule has 0 heterocycles. The lowest BCUT2D eigenvalue weighted by atomic mass is 10.2. The van der Waals surface area contributed by atoms with Gasteiger partial charge in [0.15, 0.2) is 0 Å². The van der Waals surface area contributed by atoms with Crippen molar-refractivity contribution < 1.29 is 9.18 Å². The van der Waals surface area contributed by atoms with Crippen molar-refractivity contribution in [2.24, 2.45) is 0 Å². The van der Waals surface area contributed by atoms with E-state index in [1.54, 1.807) is 12.1 Å².